The van der Waals surface area contributed by atoms with Gasteiger partial charge in [0.25, 0.3) is 0 Å². The van der Waals surface area contributed by atoms with Crippen LogP contribution in [-0.4, -0.2) is 31.7 Å². The van der Waals surface area contributed by atoms with Gasteiger partial charge in [0.15, 0.2) is 0 Å². The van der Waals surface area contributed by atoms with Gasteiger partial charge in [0.2, 0.25) is 11.9 Å². The van der Waals surface area contributed by atoms with Crippen LogP contribution in [-0.2, 0) is 4.79 Å². The number of aromatic nitrogens is 4. The van der Waals surface area contributed by atoms with Gasteiger partial charge in [0.1, 0.15) is 0 Å². The summed E-state index contributed by atoms with van der Waals surface area (Å²) in [6.45, 7) is 0. The molecule has 1 fully saturated rings. The summed E-state index contributed by atoms with van der Waals surface area (Å²) < 4.78 is 1.52. The number of nitrogens with zero attached hydrogens (tertiary/aromatic N) is 4. The smallest absolute Gasteiger partial charge is 0.250 e. The Morgan fingerprint density at radius 2 is 2.15 bits per heavy atom. The van der Waals surface area contributed by atoms with Crippen LogP contribution < -0.4 is 11.1 Å². The van der Waals surface area contributed by atoms with E-state index >= 15 is 0 Å². The number of hydrogen-bond acceptors (Lipinski definition) is 5. The van der Waals surface area contributed by atoms with Gasteiger partial charge in [-0.05, 0) is 25.3 Å². The Bertz CT molecular complexity index is 596. The Balaban J connectivity index is 1.67. The summed E-state index contributed by atoms with van der Waals surface area (Å²) in [4.78, 5) is 20.2. The normalized spacial score (nSPS) is 21.9. The molecular weight excluding hydrogens is 256 g/mol. The molecule has 1 saturated carbocycles. The molecule has 1 aliphatic rings. The van der Waals surface area contributed by atoms with Gasteiger partial charge in [-0.15, -0.1) is 0 Å². The highest BCUT2D eigenvalue weighted by Gasteiger charge is 2.27. The third-order valence-electron chi connectivity index (χ3n) is 3.45. The number of hydrogen-bond donors (Lipinski definition) is 2. The molecule has 1 amide bonds. The fraction of sp³-hybridized carbons (Fsp3) is 0.385. The largest absolute Gasteiger partial charge is 0.328 e. The minimum absolute atomic E-state index is 0.00123. The molecule has 1 aliphatic carbocycles. The van der Waals surface area contributed by atoms with Crippen LogP contribution in [0.4, 0.5) is 5.69 Å². The molecule has 3 N–H and O–H groups in total. The third-order valence-corrected chi connectivity index (χ3v) is 3.45. The van der Waals surface area contributed by atoms with E-state index in [4.69, 9.17) is 5.73 Å². The number of rotatable bonds is 3. The molecule has 7 heteroatoms. The quantitative estimate of drug-likeness (QED) is 0.858. The predicted molar refractivity (Wildman–Crippen MR) is 73.1 cm³/mol. The standard InChI is InChI=1S/C13H16N6O/c14-10-3-2-9(6-10)12(20)18-11-7-17-19(8-11)13-15-4-1-5-16-13/h1,4-5,7-10H,2-3,6,14H2,(H,18,20). The van der Waals surface area contributed by atoms with E-state index in [1.807, 2.05) is 0 Å². The van der Waals surface area contributed by atoms with Crippen molar-refractivity contribution in [2.75, 3.05) is 5.32 Å². The molecular formula is C13H16N6O. The number of carbonyl (C=O) groups is 1. The lowest BCUT2D eigenvalue weighted by molar-refractivity contribution is -0.119. The van der Waals surface area contributed by atoms with Crippen molar-refractivity contribution < 1.29 is 4.79 Å². The molecule has 0 spiro atoms. The zero-order valence-corrected chi connectivity index (χ0v) is 10.9. The van der Waals surface area contributed by atoms with Gasteiger partial charge in [-0.3, -0.25) is 4.79 Å². The zero-order chi connectivity index (χ0) is 13.9. The van der Waals surface area contributed by atoms with Crippen molar-refractivity contribution in [3.63, 3.8) is 0 Å². The number of nitrogens with two attached hydrogens (primary N) is 1. The molecule has 7 nitrogen and oxygen atoms in total. The summed E-state index contributed by atoms with van der Waals surface area (Å²) >= 11 is 0. The monoisotopic (exact) mass is 272 g/mol. The van der Waals surface area contributed by atoms with Crippen LogP contribution in [0.25, 0.3) is 5.95 Å². The van der Waals surface area contributed by atoms with Crippen molar-refractivity contribution in [2.24, 2.45) is 11.7 Å². The van der Waals surface area contributed by atoms with Crippen LogP contribution in [0.2, 0.25) is 0 Å². The second kappa shape index (κ2) is 5.38. The van der Waals surface area contributed by atoms with Gasteiger partial charge in [0, 0.05) is 24.4 Å². The average molecular weight is 272 g/mol. The predicted octanol–water partition coefficient (Wildman–Crippen LogP) is 0.728. The molecule has 0 saturated heterocycles. The van der Waals surface area contributed by atoms with Gasteiger partial charge in [-0.1, -0.05) is 0 Å². The highest BCUT2D eigenvalue weighted by molar-refractivity contribution is 5.92. The van der Waals surface area contributed by atoms with Crippen molar-refractivity contribution in [1.29, 1.82) is 0 Å². The summed E-state index contributed by atoms with van der Waals surface area (Å²) in [7, 11) is 0. The Morgan fingerprint density at radius 1 is 1.35 bits per heavy atom. The van der Waals surface area contributed by atoms with Crippen molar-refractivity contribution in [2.45, 2.75) is 25.3 Å². The first-order valence-corrected chi connectivity index (χ1v) is 6.61. The Morgan fingerprint density at radius 3 is 2.85 bits per heavy atom. The summed E-state index contributed by atoms with van der Waals surface area (Å²) in [6, 6.07) is 1.88. The van der Waals surface area contributed by atoms with E-state index in [-0.39, 0.29) is 17.9 Å². The van der Waals surface area contributed by atoms with Crippen LogP contribution >= 0.6 is 0 Å². The van der Waals surface area contributed by atoms with Gasteiger partial charge >= 0.3 is 0 Å². The second-order valence-electron chi connectivity index (χ2n) is 4.98. The minimum atomic E-state index is 0.00123. The molecule has 2 unspecified atom stereocenters. The lowest BCUT2D eigenvalue weighted by atomic mass is 10.1. The maximum atomic E-state index is 12.1. The Labute approximate surface area is 116 Å². The maximum absolute atomic E-state index is 12.1. The topological polar surface area (TPSA) is 98.7 Å². The van der Waals surface area contributed by atoms with Crippen LogP contribution in [0.5, 0.6) is 0 Å². The molecule has 3 rings (SSSR count). The summed E-state index contributed by atoms with van der Waals surface area (Å²) in [5, 5.41) is 6.99. The van der Waals surface area contributed by atoms with E-state index in [9.17, 15) is 4.79 Å². The number of anilines is 1. The van der Waals surface area contributed by atoms with Crippen molar-refractivity contribution in [1.82, 2.24) is 19.7 Å². The summed E-state index contributed by atoms with van der Waals surface area (Å²) in [5.41, 5.74) is 6.47. The van der Waals surface area contributed by atoms with Gasteiger partial charge in [-0.25, -0.2) is 14.6 Å². The molecule has 20 heavy (non-hydrogen) atoms. The van der Waals surface area contributed by atoms with Crippen LogP contribution in [0.15, 0.2) is 30.9 Å². The Kier molecular flexibility index (Phi) is 3.42. The van der Waals surface area contributed by atoms with Gasteiger partial charge < -0.3 is 11.1 Å². The lowest BCUT2D eigenvalue weighted by Crippen LogP contribution is -2.23. The number of amides is 1. The van der Waals surface area contributed by atoms with Gasteiger partial charge in [-0.2, -0.15) is 5.10 Å². The molecule has 2 aromatic rings. The van der Waals surface area contributed by atoms with Crippen molar-refractivity contribution in [3.05, 3.63) is 30.9 Å². The zero-order valence-electron chi connectivity index (χ0n) is 10.9. The highest BCUT2D eigenvalue weighted by atomic mass is 16.1. The fourth-order valence-electron chi connectivity index (χ4n) is 2.41. The fourth-order valence-corrected chi connectivity index (χ4v) is 2.41. The third kappa shape index (κ3) is 2.67. The molecule has 0 radical (unpaired) electrons. The molecule has 104 valence electrons. The molecule has 2 atom stereocenters. The molecule has 2 heterocycles. The second-order valence-corrected chi connectivity index (χ2v) is 4.98. The van der Waals surface area contributed by atoms with E-state index < -0.39 is 0 Å². The van der Waals surface area contributed by atoms with Crippen molar-refractivity contribution >= 4 is 11.6 Å². The van der Waals surface area contributed by atoms with Crippen LogP contribution in [0.3, 0.4) is 0 Å². The number of carbonyl (C=O) groups excluding carboxylic acids is 1. The molecule has 0 bridgehead atoms. The first-order chi connectivity index (χ1) is 9.72. The minimum Gasteiger partial charge on any atom is -0.328 e. The molecule has 0 aromatic carbocycles. The van der Waals surface area contributed by atoms with E-state index in [2.05, 4.69) is 20.4 Å². The van der Waals surface area contributed by atoms with Gasteiger partial charge in [0.05, 0.1) is 18.1 Å². The van der Waals surface area contributed by atoms with E-state index in [0.717, 1.165) is 19.3 Å². The molecule has 0 aliphatic heterocycles. The highest BCUT2D eigenvalue weighted by Crippen LogP contribution is 2.25. The number of nitrogens with one attached hydrogen (secondary N) is 1. The lowest BCUT2D eigenvalue weighted by Gasteiger charge is -2.08. The average Bonchev–Trinajstić information content (AvgIpc) is 3.09. The van der Waals surface area contributed by atoms with E-state index in [1.165, 1.54) is 4.68 Å². The van der Waals surface area contributed by atoms with E-state index in [0.29, 0.717) is 11.6 Å². The summed E-state index contributed by atoms with van der Waals surface area (Å²) in [5.74, 6) is 0.476. The van der Waals surface area contributed by atoms with Crippen molar-refractivity contribution in [3.8, 4) is 5.95 Å². The van der Waals surface area contributed by atoms with Crippen LogP contribution in [0, 0.1) is 5.92 Å². The van der Waals surface area contributed by atoms with Crippen LogP contribution in [0.1, 0.15) is 19.3 Å². The molecule has 2 aromatic heterocycles. The summed E-state index contributed by atoms with van der Waals surface area (Å²) in [6.07, 6.45) is 9.08. The first kappa shape index (κ1) is 12.7. The maximum Gasteiger partial charge on any atom is 0.250 e. The Hall–Kier alpha value is -2.28. The first-order valence-electron chi connectivity index (χ1n) is 6.61. The SMILES string of the molecule is NC1CCC(C(=O)Nc2cnn(-c3ncccn3)c2)C1. The van der Waals surface area contributed by atoms with E-state index in [1.54, 1.807) is 30.9 Å².